The minimum absolute atomic E-state index is 0.0332. The SMILES string of the molecule is CC1(C(=O)NCc2ccc(F)cc2)CCN(C(=O)NC2COc3ccccc3C2)CC1. The van der Waals surface area contributed by atoms with E-state index >= 15 is 0 Å². The molecule has 2 heterocycles. The number of amides is 3. The van der Waals surface area contributed by atoms with Gasteiger partial charge in [0.15, 0.2) is 0 Å². The second-order valence-electron chi connectivity index (χ2n) is 8.63. The summed E-state index contributed by atoms with van der Waals surface area (Å²) in [6.45, 7) is 3.81. The molecule has 31 heavy (non-hydrogen) atoms. The van der Waals surface area contributed by atoms with Crippen molar-refractivity contribution in [1.29, 1.82) is 0 Å². The number of hydrogen-bond acceptors (Lipinski definition) is 3. The summed E-state index contributed by atoms with van der Waals surface area (Å²) in [5.41, 5.74) is 1.43. The first-order valence-electron chi connectivity index (χ1n) is 10.7. The van der Waals surface area contributed by atoms with Crippen LogP contribution in [0.3, 0.4) is 0 Å². The lowest BCUT2D eigenvalue weighted by Gasteiger charge is -2.39. The molecule has 0 aliphatic carbocycles. The van der Waals surface area contributed by atoms with Crippen LogP contribution in [0.25, 0.3) is 0 Å². The molecule has 0 spiro atoms. The normalized spacial score (nSPS) is 19.7. The summed E-state index contributed by atoms with van der Waals surface area (Å²) in [6, 6.07) is 13.8. The molecule has 2 aliphatic heterocycles. The zero-order valence-electron chi connectivity index (χ0n) is 17.7. The maximum absolute atomic E-state index is 13.0. The molecule has 0 bridgehead atoms. The molecule has 3 amide bonds. The Morgan fingerprint density at radius 1 is 1.13 bits per heavy atom. The number of carbonyl (C=O) groups is 2. The van der Waals surface area contributed by atoms with E-state index in [1.54, 1.807) is 17.0 Å². The lowest BCUT2D eigenvalue weighted by molar-refractivity contribution is -0.132. The first kappa shape index (κ1) is 21.2. The van der Waals surface area contributed by atoms with Gasteiger partial charge in [-0.1, -0.05) is 37.3 Å². The Kier molecular flexibility index (Phi) is 6.11. The van der Waals surface area contributed by atoms with Crippen molar-refractivity contribution in [2.75, 3.05) is 19.7 Å². The van der Waals surface area contributed by atoms with Crippen LogP contribution in [0.5, 0.6) is 5.75 Å². The number of ether oxygens (including phenoxy) is 1. The average Bonchev–Trinajstić information content (AvgIpc) is 2.79. The molecule has 1 fully saturated rings. The summed E-state index contributed by atoms with van der Waals surface area (Å²) in [5.74, 6) is 0.555. The maximum atomic E-state index is 13.0. The van der Waals surface area contributed by atoms with Gasteiger partial charge in [-0.2, -0.15) is 0 Å². The summed E-state index contributed by atoms with van der Waals surface area (Å²) in [5, 5.41) is 6.02. The van der Waals surface area contributed by atoms with Gasteiger partial charge in [0.1, 0.15) is 18.2 Å². The van der Waals surface area contributed by atoms with E-state index in [2.05, 4.69) is 10.6 Å². The summed E-state index contributed by atoms with van der Waals surface area (Å²) in [4.78, 5) is 27.2. The van der Waals surface area contributed by atoms with E-state index in [9.17, 15) is 14.0 Å². The molecule has 1 unspecified atom stereocenters. The lowest BCUT2D eigenvalue weighted by atomic mass is 9.79. The number of rotatable bonds is 4. The molecule has 0 aromatic heterocycles. The fraction of sp³-hybridized carbons (Fsp3) is 0.417. The van der Waals surface area contributed by atoms with E-state index < -0.39 is 5.41 Å². The van der Waals surface area contributed by atoms with Gasteiger partial charge in [0.25, 0.3) is 0 Å². The van der Waals surface area contributed by atoms with Crippen LogP contribution in [0.1, 0.15) is 30.9 Å². The van der Waals surface area contributed by atoms with Crippen LogP contribution < -0.4 is 15.4 Å². The summed E-state index contributed by atoms with van der Waals surface area (Å²) in [6.07, 6.45) is 1.94. The number of likely N-dealkylation sites (tertiary alicyclic amines) is 1. The fourth-order valence-electron chi connectivity index (χ4n) is 4.12. The number of nitrogens with zero attached hydrogens (tertiary/aromatic N) is 1. The highest BCUT2D eigenvalue weighted by Gasteiger charge is 2.38. The Hall–Kier alpha value is -3.09. The zero-order valence-corrected chi connectivity index (χ0v) is 17.7. The van der Waals surface area contributed by atoms with Gasteiger partial charge >= 0.3 is 6.03 Å². The van der Waals surface area contributed by atoms with Gasteiger partial charge in [-0.15, -0.1) is 0 Å². The monoisotopic (exact) mass is 425 g/mol. The highest BCUT2D eigenvalue weighted by molar-refractivity contribution is 5.83. The predicted molar refractivity (Wildman–Crippen MR) is 115 cm³/mol. The molecule has 2 aromatic rings. The van der Waals surface area contributed by atoms with Gasteiger partial charge in [0, 0.05) is 25.0 Å². The number of nitrogens with one attached hydrogen (secondary N) is 2. The van der Waals surface area contributed by atoms with Crippen LogP contribution >= 0.6 is 0 Å². The smallest absolute Gasteiger partial charge is 0.317 e. The second-order valence-corrected chi connectivity index (χ2v) is 8.63. The third kappa shape index (κ3) is 4.98. The Morgan fingerprint density at radius 3 is 2.58 bits per heavy atom. The van der Waals surface area contributed by atoms with E-state index in [-0.39, 0.29) is 23.8 Å². The first-order chi connectivity index (χ1) is 14.9. The molecule has 4 rings (SSSR count). The van der Waals surface area contributed by atoms with Crippen molar-refractivity contribution in [3.05, 3.63) is 65.5 Å². The molecule has 2 aliphatic rings. The minimum Gasteiger partial charge on any atom is -0.491 e. The van der Waals surface area contributed by atoms with Crippen molar-refractivity contribution >= 4 is 11.9 Å². The van der Waals surface area contributed by atoms with E-state index in [0.717, 1.165) is 23.3 Å². The van der Waals surface area contributed by atoms with Crippen molar-refractivity contribution in [2.45, 2.75) is 38.8 Å². The fourth-order valence-corrected chi connectivity index (χ4v) is 4.12. The van der Waals surface area contributed by atoms with Crippen molar-refractivity contribution < 1.29 is 18.7 Å². The highest BCUT2D eigenvalue weighted by atomic mass is 19.1. The second kappa shape index (κ2) is 8.96. The van der Waals surface area contributed by atoms with Crippen molar-refractivity contribution in [3.63, 3.8) is 0 Å². The number of benzene rings is 2. The number of para-hydroxylation sites is 1. The van der Waals surface area contributed by atoms with Crippen LogP contribution in [0.15, 0.2) is 48.5 Å². The van der Waals surface area contributed by atoms with Crippen molar-refractivity contribution in [2.24, 2.45) is 5.41 Å². The van der Waals surface area contributed by atoms with Gasteiger partial charge in [-0.25, -0.2) is 9.18 Å². The predicted octanol–water partition coefficient (Wildman–Crippen LogP) is 3.26. The number of hydrogen-bond donors (Lipinski definition) is 2. The van der Waals surface area contributed by atoms with Crippen LogP contribution in [0.4, 0.5) is 9.18 Å². The quantitative estimate of drug-likeness (QED) is 0.790. The van der Waals surface area contributed by atoms with E-state index in [0.29, 0.717) is 39.1 Å². The molecule has 1 atom stereocenters. The summed E-state index contributed by atoms with van der Waals surface area (Å²) < 4.78 is 18.8. The van der Waals surface area contributed by atoms with E-state index in [4.69, 9.17) is 4.74 Å². The Morgan fingerprint density at radius 2 is 1.84 bits per heavy atom. The summed E-state index contributed by atoms with van der Waals surface area (Å²) in [7, 11) is 0. The van der Waals surface area contributed by atoms with Crippen molar-refractivity contribution in [3.8, 4) is 5.75 Å². The van der Waals surface area contributed by atoms with Gasteiger partial charge < -0.3 is 20.3 Å². The van der Waals surface area contributed by atoms with Crippen molar-refractivity contribution in [1.82, 2.24) is 15.5 Å². The summed E-state index contributed by atoms with van der Waals surface area (Å²) >= 11 is 0. The first-order valence-corrected chi connectivity index (χ1v) is 10.7. The molecule has 164 valence electrons. The van der Waals surface area contributed by atoms with Crippen LogP contribution in [-0.4, -0.2) is 42.6 Å². The van der Waals surface area contributed by atoms with Crippen LogP contribution in [0, 0.1) is 11.2 Å². The van der Waals surface area contributed by atoms with E-state index in [1.165, 1.54) is 12.1 Å². The third-order valence-electron chi connectivity index (χ3n) is 6.28. The standard InChI is InChI=1S/C24H28FN3O3/c1-24(22(29)26-15-17-6-8-19(25)9-7-17)10-12-28(13-11-24)23(30)27-20-14-18-4-2-3-5-21(18)31-16-20/h2-9,20H,10-16H2,1H3,(H,26,29)(H,27,30). The minimum atomic E-state index is -0.524. The van der Waals surface area contributed by atoms with Crippen LogP contribution in [-0.2, 0) is 17.8 Å². The Balaban J connectivity index is 1.25. The molecular formula is C24H28FN3O3. The highest BCUT2D eigenvalue weighted by Crippen LogP contribution is 2.31. The number of urea groups is 1. The van der Waals surface area contributed by atoms with Gasteiger partial charge in [0.05, 0.1) is 6.04 Å². The number of halogens is 1. The third-order valence-corrected chi connectivity index (χ3v) is 6.28. The lowest BCUT2D eigenvalue weighted by Crippen LogP contribution is -2.54. The number of piperidine rings is 1. The Bertz CT molecular complexity index is 939. The number of carbonyl (C=O) groups excluding carboxylic acids is 2. The van der Waals surface area contributed by atoms with Gasteiger partial charge in [0.2, 0.25) is 5.91 Å². The molecule has 1 saturated heterocycles. The molecule has 0 saturated carbocycles. The van der Waals surface area contributed by atoms with Gasteiger partial charge in [-0.05, 0) is 48.6 Å². The maximum Gasteiger partial charge on any atom is 0.317 e. The average molecular weight is 426 g/mol. The largest absolute Gasteiger partial charge is 0.491 e. The van der Waals surface area contributed by atoms with E-state index in [1.807, 2.05) is 31.2 Å². The molecule has 6 nitrogen and oxygen atoms in total. The Labute approximate surface area is 181 Å². The molecule has 7 heteroatoms. The number of fused-ring (bicyclic) bond motifs is 1. The molecule has 2 aromatic carbocycles. The zero-order chi connectivity index (χ0) is 21.8. The molecule has 2 N–H and O–H groups in total. The van der Waals surface area contributed by atoms with Gasteiger partial charge in [-0.3, -0.25) is 4.79 Å². The topological polar surface area (TPSA) is 70.7 Å². The molecule has 0 radical (unpaired) electrons. The molecular weight excluding hydrogens is 397 g/mol. The van der Waals surface area contributed by atoms with Crippen LogP contribution in [0.2, 0.25) is 0 Å².